The fraction of sp³-hybridized carbons (Fsp3) is 0.150. The predicted octanol–water partition coefficient (Wildman–Crippen LogP) is 3.40. The highest BCUT2D eigenvalue weighted by atomic mass is 35.5. The summed E-state index contributed by atoms with van der Waals surface area (Å²) in [5.74, 6) is 0.950. The number of sulfonamides is 1. The SMILES string of the molecule is CN1c2ccc(Cl)cc2-c2nc(SCC(=O)Nc3ccc4c(c3)OCO4)ncc2S1(=O)=O. The van der Waals surface area contributed by atoms with Crippen LogP contribution in [0.25, 0.3) is 11.3 Å². The zero-order valence-electron chi connectivity index (χ0n) is 16.5. The van der Waals surface area contributed by atoms with Gasteiger partial charge >= 0.3 is 0 Å². The van der Waals surface area contributed by atoms with E-state index in [-0.39, 0.29) is 34.2 Å². The number of hydrogen-bond acceptors (Lipinski definition) is 8. The highest BCUT2D eigenvalue weighted by Gasteiger charge is 2.34. The number of nitrogens with one attached hydrogen (secondary N) is 1. The van der Waals surface area contributed by atoms with Crippen molar-refractivity contribution in [3.05, 3.63) is 47.6 Å². The fourth-order valence-electron chi connectivity index (χ4n) is 3.36. The molecule has 2 aliphatic rings. The summed E-state index contributed by atoms with van der Waals surface area (Å²) in [6, 6.07) is 10.0. The van der Waals surface area contributed by atoms with Crippen molar-refractivity contribution in [1.29, 1.82) is 0 Å². The van der Waals surface area contributed by atoms with Crippen molar-refractivity contribution < 1.29 is 22.7 Å². The first kappa shape index (κ1) is 20.9. The molecule has 3 aromatic rings. The van der Waals surface area contributed by atoms with E-state index < -0.39 is 10.0 Å². The van der Waals surface area contributed by atoms with Crippen LogP contribution in [0.15, 0.2) is 52.6 Å². The summed E-state index contributed by atoms with van der Waals surface area (Å²) in [6.45, 7) is 0.151. The Bertz CT molecular complexity index is 1370. The van der Waals surface area contributed by atoms with Crippen LogP contribution in [0.1, 0.15) is 0 Å². The first-order valence-corrected chi connectivity index (χ1v) is 12.1. The van der Waals surface area contributed by atoms with E-state index >= 15 is 0 Å². The standard InChI is InChI=1S/C20H15ClN4O5S2/c1-25-14-4-2-11(21)6-13(14)19-17(32(25,27)28)8-22-20(24-19)31-9-18(26)23-12-3-5-15-16(7-12)30-10-29-15/h2-8H,9-10H2,1H3,(H,23,26). The van der Waals surface area contributed by atoms with E-state index in [0.717, 1.165) is 11.8 Å². The summed E-state index contributed by atoms with van der Waals surface area (Å²) < 4.78 is 37.4. The lowest BCUT2D eigenvalue weighted by molar-refractivity contribution is -0.113. The number of nitrogens with zero attached hydrogens (tertiary/aromatic N) is 3. The molecular weight excluding hydrogens is 476 g/mol. The first-order valence-electron chi connectivity index (χ1n) is 9.31. The van der Waals surface area contributed by atoms with Crippen molar-refractivity contribution in [1.82, 2.24) is 9.97 Å². The van der Waals surface area contributed by atoms with Gasteiger partial charge in [-0.05, 0) is 30.3 Å². The van der Waals surface area contributed by atoms with Gasteiger partial charge in [-0.1, -0.05) is 23.4 Å². The number of halogens is 1. The first-order chi connectivity index (χ1) is 15.3. The van der Waals surface area contributed by atoms with Crippen LogP contribution in [0.2, 0.25) is 5.02 Å². The Labute approximate surface area is 192 Å². The summed E-state index contributed by atoms with van der Waals surface area (Å²) in [4.78, 5) is 20.9. The van der Waals surface area contributed by atoms with Gasteiger partial charge in [0.1, 0.15) is 4.90 Å². The molecule has 0 saturated carbocycles. The highest BCUT2D eigenvalue weighted by molar-refractivity contribution is 7.99. The van der Waals surface area contributed by atoms with Gasteiger partial charge in [-0.15, -0.1) is 0 Å². The number of amides is 1. The maximum Gasteiger partial charge on any atom is 0.267 e. The largest absolute Gasteiger partial charge is 0.454 e. The smallest absolute Gasteiger partial charge is 0.267 e. The van der Waals surface area contributed by atoms with Crippen LogP contribution in [0.3, 0.4) is 0 Å². The van der Waals surface area contributed by atoms with Gasteiger partial charge in [0.2, 0.25) is 12.7 Å². The Balaban J connectivity index is 1.36. The quantitative estimate of drug-likeness (QED) is 0.437. The van der Waals surface area contributed by atoms with E-state index in [2.05, 4.69) is 15.3 Å². The molecule has 0 aliphatic carbocycles. The molecule has 5 rings (SSSR count). The highest BCUT2D eigenvalue weighted by Crippen LogP contribution is 2.42. The predicted molar refractivity (Wildman–Crippen MR) is 120 cm³/mol. The molecule has 0 spiro atoms. The molecule has 0 atom stereocenters. The molecule has 3 heterocycles. The van der Waals surface area contributed by atoms with Crippen molar-refractivity contribution in [2.75, 3.05) is 29.2 Å². The van der Waals surface area contributed by atoms with Gasteiger partial charge in [-0.3, -0.25) is 9.10 Å². The van der Waals surface area contributed by atoms with Gasteiger partial charge < -0.3 is 14.8 Å². The van der Waals surface area contributed by atoms with Gasteiger partial charge in [0.15, 0.2) is 16.7 Å². The third kappa shape index (κ3) is 3.61. The summed E-state index contributed by atoms with van der Waals surface area (Å²) in [5, 5.41) is 3.51. The molecule has 1 N–H and O–H groups in total. The van der Waals surface area contributed by atoms with Crippen molar-refractivity contribution in [3.63, 3.8) is 0 Å². The summed E-state index contributed by atoms with van der Waals surface area (Å²) in [5.41, 5.74) is 1.88. The van der Waals surface area contributed by atoms with Crippen LogP contribution in [0.5, 0.6) is 11.5 Å². The Morgan fingerprint density at radius 2 is 2.03 bits per heavy atom. The van der Waals surface area contributed by atoms with E-state index in [4.69, 9.17) is 21.1 Å². The monoisotopic (exact) mass is 490 g/mol. The normalized spacial score (nSPS) is 15.1. The fourth-order valence-corrected chi connectivity index (χ4v) is 5.44. The van der Waals surface area contributed by atoms with Crippen LogP contribution in [0, 0.1) is 0 Å². The third-order valence-electron chi connectivity index (χ3n) is 4.91. The van der Waals surface area contributed by atoms with Gasteiger partial charge in [0, 0.05) is 29.4 Å². The number of rotatable bonds is 4. The number of anilines is 2. The zero-order chi connectivity index (χ0) is 22.5. The molecular formula is C20H15ClN4O5S2. The molecule has 0 fully saturated rings. The van der Waals surface area contributed by atoms with Crippen LogP contribution in [-0.4, -0.2) is 43.9 Å². The number of carbonyl (C=O) groups excluding carboxylic acids is 1. The van der Waals surface area contributed by atoms with Crippen molar-refractivity contribution in [2.24, 2.45) is 0 Å². The second kappa shape index (κ2) is 7.84. The molecule has 1 aromatic heterocycles. The van der Waals surface area contributed by atoms with Crippen LogP contribution < -0.4 is 19.1 Å². The summed E-state index contributed by atoms with van der Waals surface area (Å²) in [7, 11) is -2.32. The molecule has 2 aromatic carbocycles. The van der Waals surface area contributed by atoms with Gasteiger partial charge in [-0.2, -0.15) is 0 Å². The van der Waals surface area contributed by atoms with Crippen molar-refractivity contribution >= 4 is 50.7 Å². The van der Waals surface area contributed by atoms with Crippen molar-refractivity contribution in [3.8, 4) is 22.8 Å². The molecule has 0 bridgehead atoms. The maximum atomic E-state index is 12.8. The summed E-state index contributed by atoms with van der Waals surface area (Å²) >= 11 is 7.22. The average molecular weight is 491 g/mol. The zero-order valence-corrected chi connectivity index (χ0v) is 18.9. The van der Waals surface area contributed by atoms with Gasteiger partial charge in [-0.25, -0.2) is 18.4 Å². The van der Waals surface area contributed by atoms with E-state index in [1.807, 2.05) is 0 Å². The van der Waals surface area contributed by atoms with Gasteiger partial charge in [0.05, 0.1) is 23.3 Å². The van der Waals surface area contributed by atoms with Crippen LogP contribution in [-0.2, 0) is 14.8 Å². The van der Waals surface area contributed by atoms with Crippen LogP contribution in [0.4, 0.5) is 11.4 Å². The number of hydrogen-bond donors (Lipinski definition) is 1. The second-order valence-corrected chi connectivity index (χ2v) is 10.2. The second-order valence-electron chi connectivity index (χ2n) is 6.90. The number of fused-ring (bicyclic) bond motifs is 4. The maximum absolute atomic E-state index is 12.8. The molecule has 12 heteroatoms. The summed E-state index contributed by atoms with van der Waals surface area (Å²) in [6.07, 6.45) is 1.26. The Hall–Kier alpha value is -3.02. The van der Waals surface area contributed by atoms with Crippen molar-refractivity contribution in [2.45, 2.75) is 10.1 Å². The lowest BCUT2D eigenvalue weighted by Gasteiger charge is -2.28. The molecule has 1 amide bonds. The average Bonchev–Trinajstić information content (AvgIpc) is 3.24. The van der Waals surface area contributed by atoms with E-state index in [1.54, 1.807) is 36.4 Å². The van der Waals surface area contributed by atoms with E-state index in [1.165, 1.54) is 17.5 Å². The van der Waals surface area contributed by atoms with Crippen LogP contribution >= 0.6 is 23.4 Å². The number of carbonyl (C=O) groups is 1. The van der Waals surface area contributed by atoms with Gasteiger partial charge in [0.25, 0.3) is 10.0 Å². The lowest BCUT2D eigenvalue weighted by Crippen LogP contribution is -2.31. The minimum Gasteiger partial charge on any atom is -0.454 e. The molecule has 2 aliphatic heterocycles. The van der Waals surface area contributed by atoms with E-state index in [9.17, 15) is 13.2 Å². The van der Waals surface area contributed by atoms with E-state index in [0.29, 0.717) is 33.5 Å². The molecule has 0 saturated heterocycles. The lowest BCUT2D eigenvalue weighted by atomic mass is 10.1. The Morgan fingerprint density at radius 1 is 1.22 bits per heavy atom. The number of aromatic nitrogens is 2. The molecule has 164 valence electrons. The Kier molecular flexibility index (Phi) is 5.11. The number of benzene rings is 2. The molecule has 9 nitrogen and oxygen atoms in total. The minimum absolute atomic E-state index is 0.0103. The Morgan fingerprint density at radius 3 is 2.88 bits per heavy atom. The molecule has 32 heavy (non-hydrogen) atoms. The molecule has 0 radical (unpaired) electrons. The number of ether oxygens (including phenoxy) is 2. The topological polar surface area (TPSA) is 111 Å². The minimum atomic E-state index is -3.79. The number of thioether (sulfide) groups is 1. The third-order valence-corrected chi connectivity index (χ3v) is 7.78. The molecule has 0 unspecified atom stereocenters.